The van der Waals surface area contributed by atoms with Crippen molar-refractivity contribution in [3.8, 4) is 17.2 Å². The molecular formula is C21H22FNO6. The Morgan fingerprint density at radius 3 is 2.21 bits per heavy atom. The number of hydrogen-bond acceptors (Lipinski definition) is 6. The van der Waals surface area contributed by atoms with Gasteiger partial charge in [-0.1, -0.05) is 12.1 Å². The van der Waals surface area contributed by atoms with Crippen LogP contribution in [-0.2, 0) is 20.9 Å². The van der Waals surface area contributed by atoms with Crippen molar-refractivity contribution in [2.24, 2.45) is 0 Å². The number of rotatable bonds is 9. The van der Waals surface area contributed by atoms with Crippen LogP contribution in [0.5, 0.6) is 17.2 Å². The highest BCUT2D eigenvalue weighted by Crippen LogP contribution is 2.34. The van der Waals surface area contributed by atoms with Gasteiger partial charge in [0.05, 0.1) is 21.3 Å². The molecule has 2 aromatic rings. The SMILES string of the molecule is COc1cc(OC)c(OC)cc1CNC(=O)COC(=O)/C=C/c1ccc(F)cc1. The Kier molecular flexibility index (Phi) is 8.02. The van der Waals surface area contributed by atoms with E-state index < -0.39 is 18.5 Å². The van der Waals surface area contributed by atoms with Gasteiger partial charge < -0.3 is 24.3 Å². The molecule has 0 saturated carbocycles. The number of carbonyl (C=O) groups excluding carboxylic acids is 2. The Morgan fingerprint density at radius 2 is 1.59 bits per heavy atom. The van der Waals surface area contributed by atoms with Gasteiger partial charge in [0.25, 0.3) is 5.91 Å². The summed E-state index contributed by atoms with van der Waals surface area (Å²) in [4.78, 5) is 23.7. The van der Waals surface area contributed by atoms with E-state index in [0.29, 0.717) is 28.4 Å². The monoisotopic (exact) mass is 403 g/mol. The molecule has 0 fully saturated rings. The van der Waals surface area contributed by atoms with Crippen LogP contribution in [0.1, 0.15) is 11.1 Å². The van der Waals surface area contributed by atoms with Crippen LogP contribution in [-0.4, -0.2) is 39.8 Å². The number of esters is 1. The summed E-state index contributed by atoms with van der Waals surface area (Å²) < 4.78 is 33.5. The molecule has 2 aromatic carbocycles. The molecule has 0 unspecified atom stereocenters. The van der Waals surface area contributed by atoms with E-state index in [1.807, 2.05) is 0 Å². The highest BCUT2D eigenvalue weighted by molar-refractivity contribution is 5.89. The van der Waals surface area contributed by atoms with Crippen LogP contribution in [0, 0.1) is 5.82 Å². The lowest BCUT2D eigenvalue weighted by atomic mass is 10.1. The first-order valence-corrected chi connectivity index (χ1v) is 8.62. The summed E-state index contributed by atoms with van der Waals surface area (Å²) in [6, 6.07) is 8.93. The highest BCUT2D eigenvalue weighted by atomic mass is 19.1. The molecule has 0 heterocycles. The van der Waals surface area contributed by atoms with Crippen LogP contribution in [0.3, 0.4) is 0 Å². The van der Waals surface area contributed by atoms with Crippen LogP contribution in [0.2, 0.25) is 0 Å². The molecule has 0 bridgehead atoms. The van der Waals surface area contributed by atoms with Crippen molar-refractivity contribution < 1.29 is 32.9 Å². The summed E-state index contributed by atoms with van der Waals surface area (Å²) in [5.74, 6) is -0.0237. The summed E-state index contributed by atoms with van der Waals surface area (Å²) in [5.41, 5.74) is 1.30. The zero-order valence-corrected chi connectivity index (χ0v) is 16.4. The lowest BCUT2D eigenvalue weighted by molar-refractivity contribution is -0.143. The number of halogens is 1. The molecule has 0 atom stereocenters. The zero-order chi connectivity index (χ0) is 21.2. The Morgan fingerprint density at radius 1 is 0.966 bits per heavy atom. The fourth-order valence-corrected chi connectivity index (χ4v) is 2.40. The van der Waals surface area contributed by atoms with E-state index in [1.165, 1.54) is 51.7 Å². The smallest absolute Gasteiger partial charge is 0.331 e. The first-order valence-electron chi connectivity index (χ1n) is 8.62. The van der Waals surface area contributed by atoms with Gasteiger partial charge in [0.1, 0.15) is 11.6 Å². The fourth-order valence-electron chi connectivity index (χ4n) is 2.40. The third-order valence-corrected chi connectivity index (χ3v) is 3.89. The summed E-state index contributed by atoms with van der Waals surface area (Å²) in [6.07, 6.45) is 2.63. The topological polar surface area (TPSA) is 83.1 Å². The van der Waals surface area contributed by atoms with E-state index in [0.717, 1.165) is 6.08 Å². The normalized spacial score (nSPS) is 10.5. The third kappa shape index (κ3) is 6.53. The maximum Gasteiger partial charge on any atom is 0.331 e. The van der Waals surface area contributed by atoms with Gasteiger partial charge in [0.15, 0.2) is 18.1 Å². The summed E-state index contributed by atoms with van der Waals surface area (Å²) in [6.45, 7) is -0.298. The van der Waals surface area contributed by atoms with Crippen LogP contribution in [0.4, 0.5) is 4.39 Å². The van der Waals surface area contributed by atoms with Gasteiger partial charge in [-0.3, -0.25) is 4.79 Å². The fraction of sp³-hybridized carbons (Fsp3) is 0.238. The Balaban J connectivity index is 1.86. The van der Waals surface area contributed by atoms with Gasteiger partial charge in [-0.25, -0.2) is 9.18 Å². The Labute approximate surface area is 168 Å². The molecular weight excluding hydrogens is 381 g/mol. The number of ether oxygens (including phenoxy) is 4. The lowest BCUT2D eigenvalue weighted by Crippen LogP contribution is -2.28. The predicted octanol–water partition coefficient (Wildman–Crippen LogP) is 2.72. The number of methoxy groups -OCH3 is 3. The van der Waals surface area contributed by atoms with Gasteiger partial charge in [0, 0.05) is 24.3 Å². The maximum atomic E-state index is 12.8. The standard InChI is InChI=1S/C21H22FNO6/c1-26-17-11-19(28-3)18(27-2)10-15(17)12-23-20(24)13-29-21(25)9-6-14-4-7-16(22)8-5-14/h4-11H,12-13H2,1-3H3,(H,23,24)/b9-6+. The van der Waals surface area contributed by atoms with E-state index in [-0.39, 0.29) is 12.4 Å². The molecule has 0 saturated heterocycles. The molecule has 8 heteroatoms. The van der Waals surface area contributed by atoms with E-state index in [2.05, 4.69) is 5.32 Å². The predicted molar refractivity (Wildman–Crippen MR) is 104 cm³/mol. The number of amides is 1. The minimum Gasteiger partial charge on any atom is -0.496 e. The van der Waals surface area contributed by atoms with Crippen molar-refractivity contribution in [1.29, 1.82) is 0 Å². The van der Waals surface area contributed by atoms with Crippen molar-refractivity contribution in [3.05, 3.63) is 59.4 Å². The molecule has 2 rings (SSSR count). The number of nitrogens with one attached hydrogen (secondary N) is 1. The molecule has 0 aliphatic rings. The quantitative estimate of drug-likeness (QED) is 0.512. The summed E-state index contributed by atoms with van der Waals surface area (Å²) in [5, 5.41) is 2.64. The minimum absolute atomic E-state index is 0.144. The van der Waals surface area contributed by atoms with Gasteiger partial charge in [-0.15, -0.1) is 0 Å². The molecule has 1 N–H and O–H groups in total. The van der Waals surface area contributed by atoms with Gasteiger partial charge in [-0.2, -0.15) is 0 Å². The molecule has 0 aromatic heterocycles. The largest absolute Gasteiger partial charge is 0.496 e. The second-order valence-corrected chi connectivity index (χ2v) is 5.79. The average Bonchev–Trinajstić information content (AvgIpc) is 2.75. The number of hydrogen-bond donors (Lipinski definition) is 1. The van der Waals surface area contributed by atoms with Crippen LogP contribution in [0.15, 0.2) is 42.5 Å². The van der Waals surface area contributed by atoms with Gasteiger partial charge >= 0.3 is 5.97 Å². The molecule has 0 spiro atoms. The van der Waals surface area contributed by atoms with Crippen LogP contribution < -0.4 is 19.5 Å². The summed E-state index contributed by atoms with van der Waals surface area (Å²) in [7, 11) is 4.52. The molecule has 154 valence electrons. The molecule has 0 aliphatic heterocycles. The zero-order valence-electron chi connectivity index (χ0n) is 16.4. The molecule has 7 nitrogen and oxygen atoms in total. The lowest BCUT2D eigenvalue weighted by Gasteiger charge is -2.14. The molecule has 0 aliphatic carbocycles. The maximum absolute atomic E-state index is 12.8. The Hall–Kier alpha value is -3.55. The highest BCUT2D eigenvalue weighted by Gasteiger charge is 2.13. The molecule has 29 heavy (non-hydrogen) atoms. The average molecular weight is 403 g/mol. The van der Waals surface area contributed by atoms with Crippen LogP contribution in [0.25, 0.3) is 6.08 Å². The van der Waals surface area contributed by atoms with Crippen molar-refractivity contribution in [2.75, 3.05) is 27.9 Å². The van der Waals surface area contributed by atoms with Gasteiger partial charge in [0.2, 0.25) is 0 Å². The van der Waals surface area contributed by atoms with Crippen molar-refractivity contribution >= 4 is 18.0 Å². The van der Waals surface area contributed by atoms with E-state index in [1.54, 1.807) is 12.1 Å². The van der Waals surface area contributed by atoms with Crippen molar-refractivity contribution in [1.82, 2.24) is 5.32 Å². The second kappa shape index (κ2) is 10.7. The first kappa shape index (κ1) is 21.7. The van der Waals surface area contributed by atoms with Gasteiger partial charge in [-0.05, 0) is 29.8 Å². The van der Waals surface area contributed by atoms with Crippen LogP contribution >= 0.6 is 0 Å². The number of benzene rings is 2. The minimum atomic E-state index is -0.687. The third-order valence-electron chi connectivity index (χ3n) is 3.89. The molecule has 0 radical (unpaired) electrons. The van der Waals surface area contributed by atoms with Crippen molar-refractivity contribution in [3.63, 3.8) is 0 Å². The summed E-state index contributed by atoms with van der Waals surface area (Å²) >= 11 is 0. The van der Waals surface area contributed by atoms with E-state index in [4.69, 9.17) is 18.9 Å². The van der Waals surface area contributed by atoms with E-state index in [9.17, 15) is 14.0 Å². The second-order valence-electron chi connectivity index (χ2n) is 5.79. The Bertz CT molecular complexity index is 879. The number of carbonyl (C=O) groups is 2. The van der Waals surface area contributed by atoms with E-state index >= 15 is 0 Å². The first-order chi connectivity index (χ1) is 14.0. The molecule has 1 amide bonds. The van der Waals surface area contributed by atoms with Crippen molar-refractivity contribution in [2.45, 2.75) is 6.54 Å².